The second kappa shape index (κ2) is 3.18. The van der Waals surface area contributed by atoms with E-state index in [4.69, 9.17) is 5.11 Å². The van der Waals surface area contributed by atoms with Crippen molar-refractivity contribution >= 4 is 16.0 Å². The van der Waals surface area contributed by atoms with Crippen LogP contribution in [-0.2, 0) is 14.8 Å². The molecule has 1 unspecified atom stereocenters. The summed E-state index contributed by atoms with van der Waals surface area (Å²) >= 11 is 0. The van der Waals surface area contributed by atoms with Crippen molar-refractivity contribution in [3.05, 3.63) is 0 Å². The van der Waals surface area contributed by atoms with Crippen molar-refractivity contribution in [2.45, 2.75) is 19.8 Å². The summed E-state index contributed by atoms with van der Waals surface area (Å²) in [5.74, 6) is -0.597. The number of hydrogen-bond acceptors (Lipinski definition) is 3. The summed E-state index contributed by atoms with van der Waals surface area (Å²) in [5.41, 5.74) is -0.781. The van der Waals surface area contributed by atoms with E-state index in [-0.39, 0.29) is 18.2 Å². The molecule has 2 aliphatic rings. The molecule has 1 saturated heterocycles. The van der Waals surface area contributed by atoms with Gasteiger partial charge in [0, 0.05) is 13.1 Å². The molecule has 6 heteroatoms. The molecule has 0 radical (unpaired) electrons. The third-order valence-electron chi connectivity index (χ3n) is 3.19. The maximum Gasteiger partial charge on any atom is 0.310 e. The number of hydrogen-bond donors (Lipinski definition) is 1. The molecule has 5 nitrogen and oxygen atoms in total. The van der Waals surface area contributed by atoms with Gasteiger partial charge in [0.1, 0.15) is 0 Å². The highest BCUT2D eigenvalue weighted by Crippen LogP contribution is 2.47. The van der Waals surface area contributed by atoms with Crippen LogP contribution in [0.5, 0.6) is 0 Å². The van der Waals surface area contributed by atoms with Gasteiger partial charge >= 0.3 is 5.97 Å². The van der Waals surface area contributed by atoms with Crippen LogP contribution in [0, 0.1) is 11.3 Å². The highest BCUT2D eigenvalue weighted by molar-refractivity contribution is 7.89. The average molecular weight is 233 g/mol. The SMILES string of the molecule is CC1CN(CC2(C(=O)O)CC2)S(=O)(=O)C1. The minimum Gasteiger partial charge on any atom is -0.481 e. The first-order valence-corrected chi connectivity index (χ1v) is 6.68. The van der Waals surface area contributed by atoms with Crippen LogP contribution in [0.3, 0.4) is 0 Å². The first-order valence-electron chi connectivity index (χ1n) is 5.07. The van der Waals surface area contributed by atoms with Gasteiger partial charge in [0.25, 0.3) is 0 Å². The Kier molecular flexibility index (Phi) is 2.31. The van der Waals surface area contributed by atoms with Gasteiger partial charge < -0.3 is 5.11 Å². The quantitative estimate of drug-likeness (QED) is 0.752. The average Bonchev–Trinajstić information content (AvgIpc) is 2.77. The molecule has 0 aromatic carbocycles. The third kappa shape index (κ3) is 1.88. The molecule has 1 N–H and O–H groups in total. The van der Waals surface area contributed by atoms with Gasteiger partial charge in [-0.2, -0.15) is 0 Å². The van der Waals surface area contributed by atoms with Crippen LogP contribution >= 0.6 is 0 Å². The molecule has 1 aliphatic heterocycles. The molecule has 0 amide bonds. The number of carboxylic acid groups (broad SMARTS) is 1. The van der Waals surface area contributed by atoms with E-state index in [0.29, 0.717) is 19.4 Å². The number of aliphatic carboxylic acids is 1. The summed E-state index contributed by atoms with van der Waals surface area (Å²) in [6, 6.07) is 0. The van der Waals surface area contributed by atoms with Crippen LogP contribution in [0.25, 0.3) is 0 Å². The number of carbonyl (C=O) groups is 1. The van der Waals surface area contributed by atoms with Crippen LogP contribution in [0.4, 0.5) is 0 Å². The number of sulfonamides is 1. The summed E-state index contributed by atoms with van der Waals surface area (Å²) in [7, 11) is -3.19. The monoisotopic (exact) mass is 233 g/mol. The van der Waals surface area contributed by atoms with Gasteiger partial charge in [-0.1, -0.05) is 6.92 Å². The molecule has 0 aromatic rings. The minimum absolute atomic E-state index is 0.111. The second-order valence-electron chi connectivity index (χ2n) is 4.76. The minimum atomic E-state index is -3.19. The van der Waals surface area contributed by atoms with E-state index >= 15 is 0 Å². The molecule has 86 valence electrons. The molecule has 2 fully saturated rings. The molecule has 0 aromatic heterocycles. The predicted octanol–water partition coefficient (Wildman–Crippen LogP) is 0.133. The van der Waals surface area contributed by atoms with Crippen molar-refractivity contribution < 1.29 is 18.3 Å². The first kappa shape index (κ1) is 10.9. The van der Waals surface area contributed by atoms with Gasteiger partial charge in [0.15, 0.2) is 0 Å². The van der Waals surface area contributed by atoms with Gasteiger partial charge in [0.05, 0.1) is 11.2 Å². The van der Waals surface area contributed by atoms with Crippen molar-refractivity contribution in [2.75, 3.05) is 18.8 Å². The van der Waals surface area contributed by atoms with E-state index in [1.807, 2.05) is 6.92 Å². The fourth-order valence-corrected chi connectivity index (χ4v) is 4.03. The van der Waals surface area contributed by atoms with Gasteiger partial charge in [-0.15, -0.1) is 0 Å². The van der Waals surface area contributed by atoms with Gasteiger partial charge in [-0.25, -0.2) is 12.7 Å². The Hall–Kier alpha value is -0.620. The first-order chi connectivity index (χ1) is 6.86. The molecular formula is C9H15NO4S. The van der Waals surface area contributed by atoms with Crippen molar-refractivity contribution in [1.82, 2.24) is 4.31 Å². The molecule has 1 heterocycles. The largest absolute Gasteiger partial charge is 0.481 e. The van der Waals surface area contributed by atoms with Crippen molar-refractivity contribution in [2.24, 2.45) is 11.3 Å². The van der Waals surface area contributed by atoms with E-state index in [1.165, 1.54) is 4.31 Å². The molecule has 15 heavy (non-hydrogen) atoms. The Morgan fingerprint density at radius 1 is 1.53 bits per heavy atom. The number of carboxylic acids is 1. The lowest BCUT2D eigenvalue weighted by Crippen LogP contribution is -2.35. The van der Waals surface area contributed by atoms with Crippen molar-refractivity contribution in [1.29, 1.82) is 0 Å². The maximum atomic E-state index is 11.6. The smallest absolute Gasteiger partial charge is 0.310 e. The zero-order valence-electron chi connectivity index (χ0n) is 8.64. The van der Waals surface area contributed by atoms with E-state index in [1.54, 1.807) is 0 Å². The lowest BCUT2D eigenvalue weighted by atomic mass is 10.1. The molecule has 1 aliphatic carbocycles. The van der Waals surface area contributed by atoms with Crippen LogP contribution in [0.1, 0.15) is 19.8 Å². The molecule has 1 saturated carbocycles. The number of rotatable bonds is 3. The summed E-state index contributed by atoms with van der Waals surface area (Å²) in [6.45, 7) is 2.50. The predicted molar refractivity (Wildman–Crippen MR) is 53.8 cm³/mol. The Labute approximate surface area is 89.1 Å². The molecule has 2 rings (SSSR count). The van der Waals surface area contributed by atoms with E-state index < -0.39 is 21.4 Å². The van der Waals surface area contributed by atoms with Crippen molar-refractivity contribution in [3.8, 4) is 0 Å². The fourth-order valence-electron chi connectivity index (χ4n) is 2.07. The number of nitrogens with zero attached hydrogens (tertiary/aromatic N) is 1. The lowest BCUT2D eigenvalue weighted by Gasteiger charge is -2.18. The summed E-state index contributed by atoms with van der Waals surface area (Å²) in [5, 5.41) is 8.98. The Balaban J connectivity index is 2.11. The van der Waals surface area contributed by atoms with E-state index in [2.05, 4.69) is 0 Å². The topological polar surface area (TPSA) is 74.7 Å². The van der Waals surface area contributed by atoms with Crippen LogP contribution in [0.15, 0.2) is 0 Å². The zero-order valence-corrected chi connectivity index (χ0v) is 9.46. The fraction of sp³-hybridized carbons (Fsp3) is 0.889. The molecule has 0 spiro atoms. The van der Waals surface area contributed by atoms with Gasteiger partial charge in [0.2, 0.25) is 10.0 Å². The normalized spacial score (nSPS) is 32.7. The highest BCUT2D eigenvalue weighted by Gasteiger charge is 2.53. The Bertz CT molecular complexity index is 385. The molecule has 1 atom stereocenters. The zero-order chi connectivity index (χ0) is 11.3. The standard InChI is InChI=1S/C9H15NO4S/c1-7-4-10(15(13,14)5-7)6-9(2-3-9)8(11)12/h7H,2-6H2,1H3,(H,11,12). The molecule has 0 bridgehead atoms. The second-order valence-corrected chi connectivity index (χ2v) is 6.78. The van der Waals surface area contributed by atoms with Gasteiger partial charge in [-0.05, 0) is 18.8 Å². The van der Waals surface area contributed by atoms with Crippen molar-refractivity contribution in [3.63, 3.8) is 0 Å². The Morgan fingerprint density at radius 3 is 2.47 bits per heavy atom. The lowest BCUT2D eigenvalue weighted by molar-refractivity contribution is -0.143. The third-order valence-corrected chi connectivity index (χ3v) is 5.25. The van der Waals surface area contributed by atoms with Gasteiger partial charge in [-0.3, -0.25) is 4.79 Å². The molecular weight excluding hydrogens is 218 g/mol. The van der Waals surface area contributed by atoms with Crippen LogP contribution in [0.2, 0.25) is 0 Å². The maximum absolute atomic E-state index is 11.6. The van der Waals surface area contributed by atoms with E-state index in [0.717, 1.165) is 0 Å². The summed E-state index contributed by atoms with van der Waals surface area (Å²) in [4.78, 5) is 10.9. The van der Waals surface area contributed by atoms with Crippen LogP contribution in [-0.4, -0.2) is 42.6 Å². The summed E-state index contributed by atoms with van der Waals surface area (Å²) in [6.07, 6.45) is 1.20. The highest BCUT2D eigenvalue weighted by atomic mass is 32.2. The summed E-state index contributed by atoms with van der Waals surface area (Å²) < 4.78 is 24.6. The van der Waals surface area contributed by atoms with Crippen LogP contribution < -0.4 is 0 Å². The Morgan fingerprint density at radius 2 is 2.13 bits per heavy atom. The van der Waals surface area contributed by atoms with E-state index in [9.17, 15) is 13.2 Å².